The highest BCUT2D eigenvalue weighted by atomic mass is 79.9. The topological polar surface area (TPSA) is 43.6 Å². The minimum atomic E-state index is 0.571. The number of aromatic nitrogens is 4. The molecule has 0 unspecified atom stereocenters. The molecule has 0 bridgehead atoms. The molecule has 0 saturated carbocycles. The van der Waals surface area contributed by atoms with E-state index in [4.69, 9.17) is 15.0 Å². The molecular weight excluding hydrogens is 708 g/mol. The first-order chi connectivity index (χ1) is 22.9. The first-order valence-electron chi connectivity index (χ1n) is 15.4. The number of halogens is 2. The van der Waals surface area contributed by atoms with E-state index < -0.39 is 0 Å². The van der Waals surface area contributed by atoms with Gasteiger partial charge in [-0.05, 0) is 84.6 Å². The van der Waals surface area contributed by atoms with Gasteiger partial charge >= 0.3 is 0 Å². The molecule has 4 nitrogen and oxygen atoms in total. The van der Waals surface area contributed by atoms with Crippen LogP contribution < -0.4 is 0 Å². The fourth-order valence-electron chi connectivity index (χ4n) is 6.01. The average molecular weight is 737 g/mol. The first kappa shape index (κ1) is 29.5. The summed E-state index contributed by atoms with van der Waals surface area (Å²) in [6.45, 7) is 4.24. The molecule has 226 valence electrons. The lowest BCUT2D eigenvalue weighted by atomic mass is 9.99. The van der Waals surface area contributed by atoms with Gasteiger partial charge in [0.1, 0.15) is 0 Å². The van der Waals surface area contributed by atoms with Crippen molar-refractivity contribution in [3.05, 3.63) is 154 Å². The zero-order valence-electron chi connectivity index (χ0n) is 25.7. The number of hydrogen-bond donors (Lipinski definition) is 0. The van der Waals surface area contributed by atoms with Gasteiger partial charge in [-0.2, -0.15) is 9.97 Å². The van der Waals surface area contributed by atoms with Gasteiger partial charge in [0.25, 0.3) is 0 Å². The molecule has 0 fully saturated rings. The van der Waals surface area contributed by atoms with E-state index in [-0.39, 0.29) is 0 Å². The van der Waals surface area contributed by atoms with Gasteiger partial charge in [-0.1, -0.05) is 128 Å². The van der Waals surface area contributed by atoms with Gasteiger partial charge in [-0.15, -0.1) is 0 Å². The normalized spacial score (nSPS) is 11.4. The molecule has 0 N–H and O–H groups in total. The Balaban J connectivity index is 1.40. The Bertz CT molecular complexity index is 2240. The number of benzene rings is 6. The summed E-state index contributed by atoms with van der Waals surface area (Å²) >= 11 is 7.13. The van der Waals surface area contributed by atoms with Crippen LogP contribution in [-0.4, -0.2) is 19.5 Å². The third kappa shape index (κ3) is 5.69. The molecule has 8 aromatic rings. The minimum absolute atomic E-state index is 0.571. The summed E-state index contributed by atoms with van der Waals surface area (Å²) in [7, 11) is 0. The largest absolute Gasteiger partial charge is 0.278 e. The summed E-state index contributed by atoms with van der Waals surface area (Å²) in [5.41, 5.74) is 11.1. The van der Waals surface area contributed by atoms with E-state index in [2.05, 4.69) is 135 Å². The predicted octanol–water partition coefficient (Wildman–Crippen LogP) is 11.8. The maximum Gasteiger partial charge on any atom is 0.238 e. The van der Waals surface area contributed by atoms with Crippen LogP contribution in [0.5, 0.6) is 0 Å². The summed E-state index contributed by atoms with van der Waals surface area (Å²) in [4.78, 5) is 15.2. The number of hydrogen-bond acceptors (Lipinski definition) is 3. The molecule has 6 aromatic carbocycles. The summed E-state index contributed by atoms with van der Waals surface area (Å²) in [5, 5.41) is 2.28. The van der Waals surface area contributed by atoms with Crippen molar-refractivity contribution in [1.29, 1.82) is 0 Å². The molecule has 0 radical (unpaired) electrons. The molecular formula is C41H28Br2N4. The van der Waals surface area contributed by atoms with E-state index in [0.717, 1.165) is 41.9 Å². The van der Waals surface area contributed by atoms with Crippen LogP contribution >= 0.6 is 31.9 Å². The molecule has 0 aliphatic rings. The fraction of sp³-hybridized carbons (Fsp3) is 0.0488. The summed E-state index contributed by atoms with van der Waals surface area (Å²) in [6, 6.07) is 46.9. The molecule has 0 aliphatic heterocycles. The van der Waals surface area contributed by atoms with Crippen LogP contribution in [0.15, 0.2) is 142 Å². The van der Waals surface area contributed by atoms with Gasteiger partial charge in [0.15, 0.2) is 11.6 Å². The lowest BCUT2D eigenvalue weighted by Crippen LogP contribution is -2.06. The van der Waals surface area contributed by atoms with Gasteiger partial charge in [0, 0.05) is 30.8 Å². The molecule has 0 amide bonds. The average Bonchev–Trinajstić information content (AvgIpc) is 3.42. The van der Waals surface area contributed by atoms with E-state index in [9.17, 15) is 0 Å². The van der Waals surface area contributed by atoms with Gasteiger partial charge in [-0.25, -0.2) is 4.98 Å². The van der Waals surface area contributed by atoms with E-state index in [1.165, 1.54) is 33.4 Å². The van der Waals surface area contributed by atoms with Crippen molar-refractivity contribution in [2.45, 2.75) is 13.8 Å². The zero-order valence-corrected chi connectivity index (χ0v) is 28.9. The second kappa shape index (κ2) is 12.0. The standard InChI is InChI=1S/C41H28Br2N4/c1-25-3-7-27(8-4-25)31-15-21-37-35(23-31)36-24-32(28-9-5-26(2)6-10-28)16-22-38(36)47(37)41-45-39(29-11-17-33(42)18-12-29)44-40(46-41)30-13-19-34(43)20-14-30/h3-24H,1-2H3. The Morgan fingerprint density at radius 1 is 0.404 bits per heavy atom. The van der Waals surface area contributed by atoms with E-state index >= 15 is 0 Å². The molecule has 6 heteroatoms. The van der Waals surface area contributed by atoms with Gasteiger partial charge < -0.3 is 0 Å². The molecule has 8 rings (SSSR count). The Hall–Kier alpha value is -4.91. The molecule has 0 atom stereocenters. The third-order valence-electron chi connectivity index (χ3n) is 8.56. The number of fused-ring (bicyclic) bond motifs is 3. The van der Waals surface area contributed by atoms with Crippen molar-refractivity contribution in [2.24, 2.45) is 0 Å². The molecule has 0 spiro atoms. The van der Waals surface area contributed by atoms with Gasteiger partial charge in [-0.3, -0.25) is 4.57 Å². The van der Waals surface area contributed by atoms with Crippen LogP contribution in [-0.2, 0) is 0 Å². The quantitative estimate of drug-likeness (QED) is 0.177. The molecule has 2 heterocycles. The van der Waals surface area contributed by atoms with E-state index in [1.54, 1.807) is 0 Å². The molecule has 0 aliphatic carbocycles. The van der Waals surface area contributed by atoms with Crippen LogP contribution in [0, 0.1) is 13.8 Å². The maximum atomic E-state index is 5.12. The van der Waals surface area contributed by atoms with Crippen LogP contribution in [0.3, 0.4) is 0 Å². The summed E-state index contributed by atoms with van der Waals surface area (Å²) < 4.78 is 4.18. The smallest absolute Gasteiger partial charge is 0.238 e. The lowest BCUT2D eigenvalue weighted by molar-refractivity contribution is 0.953. The van der Waals surface area contributed by atoms with Crippen LogP contribution in [0.1, 0.15) is 11.1 Å². The van der Waals surface area contributed by atoms with Gasteiger partial charge in [0.2, 0.25) is 5.95 Å². The Morgan fingerprint density at radius 3 is 1.17 bits per heavy atom. The predicted molar refractivity (Wildman–Crippen MR) is 201 cm³/mol. The zero-order chi connectivity index (χ0) is 32.1. The molecule has 2 aromatic heterocycles. The Morgan fingerprint density at radius 2 is 0.766 bits per heavy atom. The minimum Gasteiger partial charge on any atom is -0.278 e. The van der Waals surface area contributed by atoms with Crippen molar-refractivity contribution in [3.8, 4) is 51.0 Å². The number of rotatable bonds is 5. The Labute approximate surface area is 290 Å². The van der Waals surface area contributed by atoms with Crippen LogP contribution in [0.25, 0.3) is 72.8 Å². The monoisotopic (exact) mass is 734 g/mol. The molecule has 0 saturated heterocycles. The molecule has 47 heavy (non-hydrogen) atoms. The fourth-order valence-corrected chi connectivity index (χ4v) is 6.54. The second-order valence-corrected chi connectivity index (χ2v) is 13.7. The number of aryl methyl sites for hydroxylation is 2. The van der Waals surface area contributed by atoms with Gasteiger partial charge in [0.05, 0.1) is 11.0 Å². The first-order valence-corrected chi connectivity index (χ1v) is 17.0. The van der Waals surface area contributed by atoms with Crippen molar-refractivity contribution in [3.63, 3.8) is 0 Å². The van der Waals surface area contributed by atoms with Crippen molar-refractivity contribution < 1.29 is 0 Å². The summed E-state index contributed by atoms with van der Waals surface area (Å²) in [5.74, 6) is 1.80. The highest BCUT2D eigenvalue weighted by Gasteiger charge is 2.19. The van der Waals surface area contributed by atoms with Crippen molar-refractivity contribution >= 4 is 53.7 Å². The Kier molecular flexibility index (Phi) is 7.55. The van der Waals surface area contributed by atoms with Crippen molar-refractivity contribution in [1.82, 2.24) is 19.5 Å². The van der Waals surface area contributed by atoms with E-state index in [1.807, 2.05) is 48.5 Å². The second-order valence-electron chi connectivity index (χ2n) is 11.8. The van der Waals surface area contributed by atoms with Crippen LogP contribution in [0.2, 0.25) is 0 Å². The highest BCUT2D eigenvalue weighted by Crippen LogP contribution is 2.37. The SMILES string of the molecule is Cc1ccc(-c2ccc3c(c2)c2cc(-c4ccc(C)cc4)ccc2n3-c2nc(-c3ccc(Br)cc3)nc(-c3ccc(Br)cc3)n2)cc1. The van der Waals surface area contributed by atoms with E-state index in [0.29, 0.717) is 17.6 Å². The highest BCUT2D eigenvalue weighted by molar-refractivity contribution is 9.10. The summed E-state index contributed by atoms with van der Waals surface area (Å²) in [6.07, 6.45) is 0. The van der Waals surface area contributed by atoms with Crippen molar-refractivity contribution in [2.75, 3.05) is 0 Å². The van der Waals surface area contributed by atoms with Crippen LogP contribution in [0.4, 0.5) is 0 Å². The number of nitrogens with zero attached hydrogens (tertiary/aromatic N) is 4. The lowest BCUT2D eigenvalue weighted by Gasteiger charge is -2.11. The maximum absolute atomic E-state index is 5.12. The third-order valence-corrected chi connectivity index (χ3v) is 9.62.